The Morgan fingerprint density at radius 3 is 2.18 bits per heavy atom. The Hall–Kier alpha value is -0.790. The van der Waals surface area contributed by atoms with Crippen LogP contribution >= 0.6 is 0 Å². The standard InChI is InChI=1S/C15H28O2/c1-3-4-5-6-7-8-9-10-11-12-13-14-15(16)17-2/h5-6H,3-4,7-14H2,1-2H3. The van der Waals surface area contributed by atoms with Crippen molar-refractivity contribution in [2.75, 3.05) is 7.11 Å². The fourth-order valence-corrected chi connectivity index (χ4v) is 1.74. The average molecular weight is 240 g/mol. The quantitative estimate of drug-likeness (QED) is 0.299. The van der Waals surface area contributed by atoms with Gasteiger partial charge < -0.3 is 4.74 Å². The van der Waals surface area contributed by atoms with Crippen LogP contribution in [0, 0.1) is 0 Å². The number of rotatable bonds is 11. The van der Waals surface area contributed by atoms with Crippen LogP contribution in [0.4, 0.5) is 0 Å². The molecule has 0 heterocycles. The topological polar surface area (TPSA) is 26.3 Å². The minimum absolute atomic E-state index is 0.0777. The molecule has 0 spiro atoms. The number of allylic oxidation sites excluding steroid dienone is 2. The molecule has 0 aromatic carbocycles. The molecule has 0 aliphatic rings. The summed E-state index contributed by atoms with van der Waals surface area (Å²) in [5.41, 5.74) is 0. The highest BCUT2D eigenvalue weighted by atomic mass is 16.5. The van der Waals surface area contributed by atoms with Crippen LogP contribution in [0.2, 0.25) is 0 Å². The molecule has 0 amide bonds. The second kappa shape index (κ2) is 13.3. The second-order valence-corrected chi connectivity index (χ2v) is 4.50. The Morgan fingerprint density at radius 2 is 1.53 bits per heavy atom. The summed E-state index contributed by atoms with van der Waals surface area (Å²) in [5, 5.41) is 0. The van der Waals surface area contributed by atoms with Gasteiger partial charge in [-0.2, -0.15) is 0 Å². The van der Waals surface area contributed by atoms with E-state index in [2.05, 4.69) is 23.8 Å². The number of carbonyl (C=O) groups is 1. The van der Waals surface area contributed by atoms with Gasteiger partial charge in [0, 0.05) is 6.42 Å². The first-order valence-electron chi connectivity index (χ1n) is 7.03. The van der Waals surface area contributed by atoms with E-state index < -0.39 is 0 Å². The van der Waals surface area contributed by atoms with E-state index in [4.69, 9.17) is 0 Å². The molecule has 0 fully saturated rings. The molecule has 0 aromatic heterocycles. The van der Waals surface area contributed by atoms with Gasteiger partial charge in [0.25, 0.3) is 0 Å². The largest absolute Gasteiger partial charge is 0.469 e. The average Bonchev–Trinajstić information content (AvgIpc) is 2.35. The Balaban J connectivity index is 3.06. The van der Waals surface area contributed by atoms with Crippen LogP contribution in [-0.4, -0.2) is 13.1 Å². The number of hydrogen-bond acceptors (Lipinski definition) is 2. The third-order valence-electron chi connectivity index (χ3n) is 2.85. The van der Waals surface area contributed by atoms with Crippen LogP contribution in [0.1, 0.15) is 71.1 Å². The third kappa shape index (κ3) is 13.1. The molecule has 0 unspecified atom stereocenters. The van der Waals surface area contributed by atoms with Crippen LogP contribution in [0.3, 0.4) is 0 Å². The minimum Gasteiger partial charge on any atom is -0.469 e. The predicted octanol–water partition coefficient (Wildman–Crippen LogP) is 4.64. The molecular weight excluding hydrogens is 212 g/mol. The number of methoxy groups -OCH3 is 1. The van der Waals surface area contributed by atoms with E-state index in [1.54, 1.807) is 0 Å². The van der Waals surface area contributed by atoms with E-state index in [0.717, 1.165) is 12.8 Å². The maximum atomic E-state index is 10.8. The zero-order valence-electron chi connectivity index (χ0n) is 11.5. The number of esters is 1. The van der Waals surface area contributed by atoms with Gasteiger partial charge in [-0.3, -0.25) is 4.79 Å². The highest BCUT2D eigenvalue weighted by Crippen LogP contribution is 2.09. The number of ether oxygens (including phenoxy) is 1. The summed E-state index contributed by atoms with van der Waals surface area (Å²) in [5.74, 6) is -0.0777. The summed E-state index contributed by atoms with van der Waals surface area (Å²) in [4.78, 5) is 10.8. The van der Waals surface area contributed by atoms with Gasteiger partial charge in [-0.15, -0.1) is 0 Å². The molecule has 0 bridgehead atoms. The molecule has 0 atom stereocenters. The second-order valence-electron chi connectivity index (χ2n) is 4.50. The van der Waals surface area contributed by atoms with Crippen LogP contribution < -0.4 is 0 Å². The predicted molar refractivity (Wildman–Crippen MR) is 73.0 cm³/mol. The summed E-state index contributed by atoms with van der Waals surface area (Å²) in [6.07, 6.45) is 16.1. The van der Waals surface area contributed by atoms with E-state index in [1.807, 2.05) is 0 Å². The van der Waals surface area contributed by atoms with Gasteiger partial charge in [0.15, 0.2) is 0 Å². The molecule has 0 saturated carbocycles. The van der Waals surface area contributed by atoms with Crippen molar-refractivity contribution < 1.29 is 9.53 Å². The maximum Gasteiger partial charge on any atom is 0.305 e. The number of hydrogen-bond donors (Lipinski definition) is 0. The summed E-state index contributed by atoms with van der Waals surface area (Å²) in [6, 6.07) is 0. The lowest BCUT2D eigenvalue weighted by molar-refractivity contribution is -0.140. The minimum atomic E-state index is -0.0777. The van der Waals surface area contributed by atoms with E-state index in [1.165, 1.54) is 52.1 Å². The van der Waals surface area contributed by atoms with Gasteiger partial charge in [-0.1, -0.05) is 51.2 Å². The van der Waals surface area contributed by atoms with Crippen molar-refractivity contribution in [3.63, 3.8) is 0 Å². The molecular formula is C15H28O2. The molecule has 17 heavy (non-hydrogen) atoms. The van der Waals surface area contributed by atoms with Gasteiger partial charge in [0.2, 0.25) is 0 Å². The zero-order valence-corrected chi connectivity index (χ0v) is 11.5. The first kappa shape index (κ1) is 16.2. The Labute approximate surface area is 106 Å². The van der Waals surface area contributed by atoms with E-state index in [9.17, 15) is 4.79 Å². The van der Waals surface area contributed by atoms with Gasteiger partial charge in [-0.05, 0) is 25.7 Å². The first-order valence-corrected chi connectivity index (χ1v) is 7.03. The molecule has 0 aromatic rings. The highest BCUT2D eigenvalue weighted by Gasteiger charge is 1.98. The van der Waals surface area contributed by atoms with Crippen LogP contribution in [0.5, 0.6) is 0 Å². The van der Waals surface area contributed by atoms with Crippen molar-refractivity contribution in [2.45, 2.75) is 71.1 Å². The summed E-state index contributed by atoms with van der Waals surface area (Å²) in [7, 11) is 1.45. The molecule has 100 valence electrons. The van der Waals surface area contributed by atoms with Gasteiger partial charge in [0.05, 0.1) is 7.11 Å². The molecule has 0 radical (unpaired) electrons. The first-order chi connectivity index (χ1) is 8.31. The van der Waals surface area contributed by atoms with E-state index in [-0.39, 0.29) is 5.97 Å². The lowest BCUT2D eigenvalue weighted by Crippen LogP contribution is -1.99. The molecule has 2 heteroatoms. The lowest BCUT2D eigenvalue weighted by atomic mass is 10.1. The van der Waals surface area contributed by atoms with E-state index >= 15 is 0 Å². The number of unbranched alkanes of at least 4 members (excludes halogenated alkanes) is 7. The van der Waals surface area contributed by atoms with Gasteiger partial charge >= 0.3 is 5.97 Å². The third-order valence-corrected chi connectivity index (χ3v) is 2.85. The molecule has 2 nitrogen and oxygen atoms in total. The Kier molecular flexibility index (Phi) is 12.7. The highest BCUT2D eigenvalue weighted by molar-refractivity contribution is 5.68. The molecule has 0 aliphatic carbocycles. The van der Waals surface area contributed by atoms with Crippen LogP contribution in [-0.2, 0) is 9.53 Å². The summed E-state index contributed by atoms with van der Waals surface area (Å²) < 4.78 is 4.60. The SMILES string of the molecule is CCCC=CCCCCCCCCC(=O)OC. The van der Waals surface area contributed by atoms with Gasteiger partial charge in [-0.25, -0.2) is 0 Å². The van der Waals surface area contributed by atoms with Crippen LogP contribution in [0.15, 0.2) is 12.2 Å². The maximum absolute atomic E-state index is 10.8. The summed E-state index contributed by atoms with van der Waals surface area (Å²) >= 11 is 0. The molecule has 0 aliphatic heterocycles. The summed E-state index contributed by atoms with van der Waals surface area (Å²) in [6.45, 7) is 2.21. The van der Waals surface area contributed by atoms with Crippen molar-refractivity contribution >= 4 is 5.97 Å². The lowest BCUT2D eigenvalue weighted by Gasteiger charge is -2.00. The fourth-order valence-electron chi connectivity index (χ4n) is 1.74. The Bertz CT molecular complexity index is 197. The molecule has 0 saturated heterocycles. The molecule has 0 N–H and O–H groups in total. The van der Waals surface area contributed by atoms with Crippen molar-refractivity contribution in [1.29, 1.82) is 0 Å². The smallest absolute Gasteiger partial charge is 0.305 e. The van der Waals surface area contributed by atoms with Crippen molar-refractivity contribution in [3.05, 3.63) is 12.2 Å². The van der Waals surface area contributed by atoms with Gasteiger partial charge in [0.1, 0.15) is 0 Å². The van der Waals surface area contributed by atoms with Crippen LogP contribution in [0.25, 0.3) is 0 Å². The number of carbonyl (C=O) groups excluding carboxylic acids is 1. The zero-order chi connectivity index (χ0) is 12.8. The van der Waals surface area contributed by atoms with Crippen molar-refractivity contribution in [1.82, 2.24) is 0 Å². The monoisotopic (exact) mass is 240 g/mol. The fraction of sp³-hybridized carbons (Fsp3) is 0.800. The van der Waals surface area contributed by atoms with E-state index in [0.29, 0.717) is 6.42 Å². The Morgan fingerprint density at radius 1 is 0.941 bits per heavy atom. The normalized spacial score (nSPS) is 10.9. The van der Waals surface area contributed by atoms with Crippen molar-refractivity contribution in [3.8, 4) is 0 Å². The molecule has 0 rings (SSSR count). The van der Waals surface area contributed by atoms with Crippen molar-refractivity contribution in [2.24, 2.45) is 0 Å².